The maximum absolute atomic E-state index is 13.5. The van der Waals surface area contributed by atoms with Crippen LogP contribution in [0, 0.1) is 5.82 Å². The third kappa shape index (κ3) is 2.48. The fourth-order valence-electron chi connectivity index (χ4n) is 1.77. The molecule has 1 N–H and O–H groups in total. The Kier molecular flexibility index (Phi) is 3.21. The molecule has 1 aromatic rings. The SMILES string of the molecule is CCc1ccc(OC2CCNC2)c(F)c1. The van der Waals surface area contributed by atoms with Crippen LogP contribution in [0.5, 0.6) is 5.75 Å². The molecule has 1 aliphatic heterocycles. The van der Waals surface area contributed by atoms with Gasteiger partial charge >= 0.3 is 0 Å². The molecule has 1 unspecified atom stereocenters. The van der Waals surface area contributed by atoms with Crippen LogP contribution in [0.1, 0.15) is 18.9 Å². The fourth-order valence-corrected chi connectivity index (χ4v) is 1.77. The standard InChI is InChI=1S/C12H16FNO/c1-2-9-3-4-12(11(13)7-9)15-10-5-6-14-8-10/h3-4,7,10,14H,2,5-6,8H2,1H3. The molecule has 15 heavy (non-hydrogen) atoms. The molecule has 82 valence electrons. The largest absolute Gasteiger partial charge is 0.486 e. The third-order valence-corrected chi connectivity index (χ3v) is 2.71. The average molecular weight is 209 g/mol. The summed E-state index contributed by atoms with van der Waals surface area (Å²) in [5.74, 6) is 0.127. The predicted molar refractivity (Wildman–Crippen MR) is 57.7 cm³/mol. The van der Waals surface area contributed by atoms with E-state index in [1.54, 1.807) is 12.1 Å². The van der Waals surface area contributed by atoms with Gasteiger partial charge in [-0.3, -0.25) is 0 Å². The number of hydrogen-bond acceptors (Lipinski definition) is 2. The van der Waals surface area contributed by atoms with Crippen molar-refractivity contribution < 1.29 is 9.13 Å². The Labute approximate surface area is 89.4 Å². The van der Waals surface area contributed by atoms with E-state index in [1.807, 2.05) is 13.0 Å². The topological polar surface area (TPSA) is 21.3 Å². The molecule has 0 aliphatic carbocycles. The van der Waals surface area contributed by atoms with Crippen molar-refractivity contribution in [2.24, 2.45) is 0 Å². The summed E-state index contributed by atoms with van der Waals surface area (Å²) in [5.41, 5.74) is 1.00. The van der Waals surface area contributed by atoms with Crippen molar-refractivity contribution >= 4 is 0 Å². The highest BCUT2D eigenvalue weighted by atomic mass is 19.1. The number of ether oxygens (including phenoxy) is 1. The van der Waals surface area contributed by atoms with Crippen LogP contribution in [0.15, 0.2) is 18.2 Å². The fraction of sp³-hybridized carbons (Fsp3) is 0.500. The van der Waals surface area contributed by atoms with E-state index in [0.717, 1.165) is 31.5 Å². The van der Waals surface area contributed by atoms with Crippen LogP contribution in [0.3, 0.4) is 0 Å². The van der Waals surface area contributed by atoms with Gasteiger partial charge < -0.3 is 10.1 Å². The molecule has 1 atom stereocenters. The normalized spacial score (nSPS) is 20.5. The summed E-state index contributed by atoms with van der Waals surface area (Å²) in [4.78, 5) is 0. The Morgan fingerprint density at radius 3 is 3.00 bits per heavy atom. The molecule has 2 nitrogen and oxygen atoms in total. The molecule has 1 saturated heterocycles. The molecule has 1 aliphatic rings. The Bertz CT molecular complexity index is 334. The first-order valence-electron chi connectivity index (χ1n) is 5.45. The predicted octanol–water partition coefficient (Wildman–Crippen LogP) is 2.13. The Hall–Kier alpha value is -1.09. The summed E-state index contributed by atoms with van der Waals surface area (Å²) in [6.07, 6.45) is 1.92. The van der Waals surface area contributed by atoms with Gasteiger partial charge in [0.15, 0.2) is 11.6 Å². The zero-order chi connectivity index (χ0) is 10.7. The Morgan fingerprint density at radius 1 is 1.53 bits per heavy atom. The second kappa shape index (κ2) is 4.62. The van der Waals surface area contributed by atoms with Gasteiger partial charge in [0.05, 0.1) is 0 Å². The summed E-state index contributed by atoms with van der Waals surface area (Å²) in [5, 5.41) is 3.19. The highest BCUT2D eigenvalue weighted by Crippen LogP contribution is 2.21. The van der Waals surface area contributed by atoms with Gasteiger partial charge in [-0.15, -0.1) is 0 Å². The lowest BCUT2D eigenvalue weighted by atomic mass is 10.1. The minimum absolute atomic E-state index is 0.118. The van der Waals surface area contributed by atoms with Gasteiger partial charge in [-0.05, 0) is 37.1 Å². The Morgan fingerprint density at radius 2 is 2.40 bits per heavy atom. The van der Waals surface area contributed by atoms with E-state index in [4.69, 9.17) is 4.74 Å². The molecule has 1 aromatic carbocycles. The summed E-state index contributed by atoms with van der Waals surface area (Å²) in [6.45, 7) is 3.78. The van der Waals surface area contributed by atoms with E-state index in [9.17, 15) is 4.39 Å². The van der Waals surface area contributed by atoms with Crippen LogP contribution in [0.2, 0.25) is 0 Å². The molecular weight excluding hydrogens is 193 g/mol. The smallest absolute Gasteiger partial charge is 0.165 e. The van der Waals surface area contributed by atoms with Crippen LogP contribution < -0.4 is 10.1 Å². The van der Waals surface area contributed by atoms with E-state index < -0.39 is 0 Å². The van der Waals surface area contributed by atoms with E-state index in [2.05, 4.69) is 5.32 Å². The highest BCUT2D eigenvalue weighted by molar-refractivity contribution is 5.29. The molecule has 1 heterocycles. The maximum Gasteiger partial charge on any atom is 0.165 e. The van der Waals surface area contributed by atoms with Crippen molar-refractivity contribution in [2.75, 3.05) is 13.1 Å². The first kappa shape index (κ1) is 10.4. The number of aryl methyl sites for hydroxylation is 1. The molecule has 0 aromatic heterocycles. The average Bonchev–Trinajstić information content (AvgIpc) is 2.74. The van der Waals surface area contributed by atoms with Crippen molar-refractivity contribution in [1.29, 1.82) is 0 Å². The molecule has 0 spiro atoms. The first-order chi connectivity index (χ1) is 7.29. The summed E-state index contributed by atoms with van der Waals surface area (Å²) in [7, 11) is 0. The van der Waals surface area contributed by atoms with Crippen LogP contribution in [-0.4, -0.2) is 19.2 Å². The van der Waals surface area contributed by atoms with Crippen molar-refractivity contribution in [1.82, 2.24) is 5.32 Å². The molecular formula is C12H16FNO. The third-order valence-electron chi connectivity index (χ3n) is 2.71. The van der Waals surface area contributed by atoms with Crippen LogP contribution in [0.25, 0.3) is 0 Å². The van der Waals surface area contributed by atoms with E-state index in [-0.39, 0.29) is 11.9 Å². The summed E-state index contributed by atoms with van der Waals surface area (Å²) in [6, 6.07) is 5.20. The van der Waals surface area contributed by atoms with Crippen LogP contribution >= 0.6 is 0 Å². The van der Waals surface area contributed by atoms with E-state index in [0.29, 0.717) is 5.75 Å². The second-order valence-electron chi connectivity index (χ2n) is 3.85. The number of benzene rings is 1. The first-order valence-corrected chi connectivity index (χ1v) is 5.45. The second-order valence-corrected chi connectivity index (χ2v) is 3.85. The van der Waals surface area contributed by atoms with Crippen molar-refractivity contribution in [3.8, 4) is 5.75 Å². The van der Waals surface area contributed by atoms with Gasteiger partial charge in [-0.1, -0.05) is 13.0 Å². The summed E-state index contributed by atoms with van der Waals surface area (Å²) >= 11 is 0. The van der Waals surface area contributed by atoms with Gasteiger partial charge in [-0.2, -0.15) is 0 Å². The number of rotatable bonds is 3. The quantitative estimate of drug-likeness (QED) is 0.823. The van der Waals surface area contributed by atoms with Gasteiger partial charge in [0.25, 0.3) is 0 Å². The molecule has 1 fully saturated rings. The minimum Gasteiger partial charge on any atom is -0.486 e. The molecule has 0 radical (unpaired) electrons. The van der Waals surface area contributed by atoms with Gasteiger partial charge in [0, 0.05) is 6.54 Å². The van der Waals surface area contributed by atoms with Gasteiger partial charge in [0.2, 0.25) is 0 Å². The van der Waals surface area contributed by atoms with Gasteiger partial charge in [-0.25, -0.2) is 4.39 Å². The lowest BCUT2D eigenvalue weighted by Crippen LogP contribution is -2.20. The van der Waals surface area contributed by atoms with E-state index >= 15 is 0 Å². The number of hydrogen-bond donors (Lipinski definition) is 1. The van der Waals surface area contributed by atoms with Crippen LogP contribution in [-0.2, 0) is 6.42 Å². The monoisotopic (exact) mass is 209 g/mol. The van der Waals surface area contributed by atoms with Crippen molar-refractivity contribution in [2.45, 2.75) is 25.9 Å². The zero-order valence-corrected chi connectivity index (χ0v) is 8.92. The minimum atomic E-state index is -0.249. The lowest BCUT2D eigenvalue weighted by molar-refractivity contribution is 0.213. The lowest BCUT2D eigenvalue weighted by Gasteiger charge is -2.13. The highest BCUT2D eigenvalue weighted by Gasteiger charge is 2.17. The van der Waals surface area contributed by atoms with Crippen molar-refractivity contribution in [3.05, 3.63) is 29.6 Å². The Balaban J connectivity index is 2.07. The van der Waals surface area contributed by atoms with Gasteiger partial charge in [0.1, 0.15) is 6.10 Å². The van der Waals surface area contributed by atoms with E-state index in [1.165, 1.54) is 0 Å². The molecule has 0 amide bonds. The number of halogens is 1. The molecule has 2 rings (SSSR count). The summed E-state index contributed by atoms with van der Waals surface area (Å²) < 4.78 is 19.1. The van der Waals surface area contributed by atoms with Crippen LogP contribution in [0.4, 0.5) is 4.39 Å². The number of nitrogens with one attached hydrogen (secondary N) is 1. The molecule has 0 saturated carbocycles. The zero-order valence-electron chi connectivity index (χ0n) is 8.92. The van der Waals surface area contributed by atoms with Crippen molar-refractivity contribution in [3.63, 3.8) is 0 Å². The molecule has 0 bridgehead atoms. The molecule has 3 heteroatoms. The maximum atomic E-state index is 13.5.